The van der Waals surface area contributed by atoms with Gasteiger partial charge in [-0.2, -0.15) is 5.10 Å². The van der Waals surface area contributed by atoms with Crippen LogP contribution in [0.2, 0.25) is 0 Å². The van der Waals surface area contributed by atoms with Gasteiger partial charge in [-0.05, 0) is 35.7 Å². The highest BCUT2D eigenvalue weighted by Crippen LogP contribution is 2.44. The zero-order valence-corrected chi connectivity index (χ0v) is 11.9. The number of nitrogens with zero attached hydrogens (tertiary/aromatic N) is 4. The topological polar surface area (TPSA) is 69.6 Å². The number of aromatic nitrogens is 4. The van der Waals surface area contributed by atoms with Crippen LogP contribution in [-0.4, -0.2) is 19.7 Å². The van der Waals surface area contributed by atoms with E-state index in [-0.39, 0.29) is 0 Å². The van der Waals surface area contributed by atoms with E-state index < -0.39 is 0 Å². The fourth-order valence-electron chi connectivity index (χ4n) is 2.05. The average molecular weight is 308 g/mol. The zero-order chi connectivity index (χ0) is 12.9. The van der Waals surface area contributed by atoms with Crippen LogP contribution in [0, 0.1) is 6.92 Å². The third kappa shape index (κ3) is 1.90. The molecule has 0 saturated heterocycles. The first kappa shape index (κ1) is 11.6. The SMILES string of the molecule is Cc1nn(C)cc1-c1nc(N)c(Br)c(C2CC2)n1. The van der Waals surface area contributed by atoms with E-state index >= 15 is 0 Å². The number of aryl methyl sites for hydroxylation is 2. The Labute approximate surface area is 114 Å². The van der Waals surface area contributed by atoms with Gasteiger partial charge in [-0.3, -0.25) is 4.68 Å². The van der Waals surface area contributed by atoms with Gasteiger partial charge in [0.25, 0.3) is 0 Å². The molecule has 0 radical (unpaired) electrons. The lowest BCUT2D eigenvalue weighted by molar-refractivity contribution is 0.756. The van der Waals surface area contributed by atoms with Crippen molar-refractivity contribution in [3.05, 3.63) is 22.1 Å². The summed E-state index contributed by atoms with van der Waals surface area (Å²) in [7, 11) is 1.89. The normalized spacial score (nSPS) is 15.1. The Kier molecular flexibility index (Phi) is 2.62. The van der Waals surface area contributed by atoms with Crippen molar-refractivity contribution in [1.82, 2.24) is 19.7 Å². The highest BCUT2D eigenvalue weighted by molar-refractivity contribution is 9.10. The predicted octanol–water partition coefficient (Wildman–Crippen LogP) is 2.41. The van der Waals surface area contributed by atoms with E-state index in [9.17, 15) is 0 Å². The smallest absolute Gasteiger partial charge is 0.165 e. The Balaban J connectivity index is 2.15. The number of hydrogen-bond donors (Lipinski definition) is 1. The maximum Gasteiger partial charge on any atom is 0.165 e. The molecule has 1 fully saturated rings. The van der Waals surface area contributed by atoms with E-state index in [1.165, 1.54) is 12.8 Å². The van der Waals surface area contributed by atoms with Crippen LogP contribution in [0.1, 0.15) is 30.1 Å². The largest absolute Gasteiger partial charge is 0.383 e. The molecule has 3 rings (SSSR count). The molecule has 1 aliphatic carbocycles. The van der Waals surface area contributed by atoms with Gasteiger partial charge in [0.1, 0.15) is 5.82 Å². The minimum atomic E-state index is 0.505. The predicted molar refractivity (Wildman–Crippen MR) is 73.1 cm³/mol. The summed E-state index contributed by atoms with van der Waals surface area (Å²) in [6.07, 6.45) is 4.29. The molecule has 5 nitrogen and oxygen atoms in total. The Bertz CT molecular complexity index is 615. The molecule has 0 spiro atoms. The van der Waals surface area contributed by atoms with Gasteiger partial charge in [0.2, 0.25) is 0 Å². The van der Waals surface area contributed by atoms with Crippen LogP contribution in [0.3, 0.4) is 0 Å². The number of hydrogen-bond acceptors (Lipinski definition) is 4. The maximum atomic E-state index is 5.96. The van der Waals surface area contributed by atoms with E-state index in [4.69, 9.17) is 5.73 Å². The second-order valence-corrected chi connectivity index (χ2v) is 5.50. The highest BCUT2D eigenvalue weighted by Gasteiger charge is 2.29. The van der Waals surface area contributed by atoms with Gasteiger partial charge in [-0.1, -0.05) is 0 Å². The van der Waals surface area contributed by atoms with E-state index in [0.717, 1.165) is 21.4 Å². The summed E-state index contributed by atoms with van der Waals surface area (Å²) >= 11 is 3.48. The molecule has 6 heteroatoms. The summed E-state index contributed by atoms with van der Waals surface area (Å²) in [4.78, 5) is 9.00. The number of halogens is 1. The van der Waals surface area contributed by atoms with Crippen molar-refractivity contribution < 1.29 is 0 Å². The number of anilines is 1. The summed E-state index contributed by atoms with van der Waals surface area (Å²) < 4.78 is 2.61. The summed E-state index contributed by atoms with van der Waals surface area (Å²) in [5.41, 5.74) is 8.85. The van der Waals surface area contributed by atoms with Crippen molar-refractivity contribution in [2.45, 2.75) is 25.7 Å². The molecule has 1 saturated carbocycles. The Morgan fingerprint density at radius 2 is 2.11 bits per heavy atom. The first-order valence-electron chi connectivity index (χ1n) is 5.89. The van der Waals surface area contributed by atoms with Crippen molar-refractivity contribution in [3.8, 4) is 11.4 Å². The molecule has 1 aliphatic rings. The Morgan fingerprint density at radius 1 is 1.39 bits per heavy atom. The van der Waals surface area contributed by atoms with Gasteiger partial charge in [-0.15, -0.1) is 0 Å². The lowest BCUT2D eigenvalue weighted by Gasteiger charge is -2.07. The van der Waals surface area contributed by atoms with Crippen molar-refractivity contribution in [2.24, 2.45) is 7.05 Å². The van der Waals surface area contributed by atoms with E-state index in [1.54, 1.807) is 4.68 Å². The molecule has 0 bridgehead atoms. The molecular weight excluding hydrogens is 294 g/mol. The fourth-order valence-corrected chi connectivity index (χ4v) is 2.55. The lowest BCUT2D eigenvalue weighted by Crippen LogP contribution is -2.02. The molecule has 2 heterocycles. The fraction of sp³-hybridized carbons (Fsp3) is 0.417. The first-order chi connectivity index (χ1) is 8.56. The van der Waals surface area contributed by atoms with Gasteiger partial charge in [0.15, 0.2) is 5.82 Å². The van der Waals surface area contributed by atoms with Gasteiger partial charge in [-0.25, -0.2) is 9.97 Å². The summed E-state index contributed by atoms with van der Waals surface area (Å²) in [5.74, 6) is 1.70. The van der Waals surface area contributed by atoms with Gasteiger partial charge < -0.3 is 5.73 Å². The highest BCUT2D eigenvalue weighted by atomic mass is 79.9. The molecule has 0 unspecified atom stereocenters. The molecule has 0 aliphatic heterocycles. The first-order valence-corrected chi connectivity index (χ1v) is 6.69. The van der Waals surface area contributed by atoms with Crippen LogP contribution in [0.5, 0.6) is 0 Å². The molecular formula is C12H14BrN5. The second-order valence-electron chi connectivity index (χ2n) is 4.71. The molecule has 94 valence electrons. The Morgan fingerprint density at radius 3 is 2.67 bits per heavy atom. The number of rotatable bonds is 2. The van der Waals surface area contributed by atoms with Crippen LogP contribution in [0.4, 0.5) is 5.82 Å². The van der Waals surface area contributed by atoms with Crippen LogP contribution in [0.15, 0.2) is 10.7 Å². The number of nitrogens with two attached hydrogens (primary N) is 1. The quantitative estimate of drug-likeness (QED) is 0.925. The van der Waals surface area contributed by atoms with Crippen molar-refractivity contribution in [2.75, 3.05) is 5.73 Å². The monoisotopic (exact) mass is 307 g/mol. The van der Waals surface area contributed by atoms with Crippen molar-refractivity contribution in [1.29, 1.82) is 0 Å². The molecule has 0 aromatic carbocycles. The van der Waals surface area contributed by atoms with Crippen LogP contribution < -0.4 is 5.73 Å². The minimum Gasteiger partial charge on any atom is -0.383 e. The van der Waals surface area contributed by atoms with Crippen LogP contribution in [0.25, 0.3) is 11.4 Å². The zero-order valence-electron chi connectivity index (χ0n) is 10.3. The molecule has 2 aromatic heterocycles. The second kappa shape index (κ2) is 4.05. The molecule has 0 atom stereocenters. The summed E-state index contributed by atoms with van der Waals surface area (Å²) in [5, 5.41) is 4.31. The lowest BCUT2D eigenvalue weighted by atomic mass is 10.2. The average Bonchev–Trinajstić information content (AvgIpc) is 3.08. The molecule has 18 heavy (non-hydrogen) atoms. The summed E-state index contributed by atoms with van der Waals surface area (Å²) in [6.45, 7) is 1.95. The number of nitrogen functional groups attached to an aromatic ring is 1. The third-order valence-corrected chi connectivity index (χ3v) is 3.93. The van der Waals surface area contributed by atoms with E-state index in [0.29, 0.717) is 17.6 Å². The molecule has 2 N–H and O–H groups in total. The van der Waals surface area contributed by atoms with Gasteiger partial charge >= 0.3 is 0 Å². The summed E-state index contributed by atoms with van der Waals surface area (Å²) in [6, 6.07) is 0. The van der Waals surface area contributed by atoms with E-state index in [2.05, 4.69) is 31.0 Å². The van der Waals surface area contributed by atoms with Crippen molar-refractivity contribution >= 4 is 21.7 Å². The van der Waals surface area contributed by atoms with Crippen LogP contribution in [-0.2, 0) is 7.05 Å². The van der Waals surface area contributed by atoms with Crippen LogP contribution >= 0.6 is 15.9 Å². The van der Waals surface area contributed by atoms with Crippen molar-refractivity contribution in [3.63, 3.8) is 0 Å². The van der Waals surface area contributed by atoms with Gasteiger partial charge in [0, 0.05) is 19.2 Å². The standard InChI is InChI=1S/C12H14BrN5/c1-6-8(5-18(2)17-6)12-15-10(7-3-4-7)9(13)11(14)16-12/h5,7H,3-4H2,1-2H3,(H2,14,15,16). The van der Waals surface area contributed by atoms with Gasteiger partial charge in [0.05, 0.1) is 21.4 Å². The Hall–Kier alpha value is -1.43. The molecule has 2 aromatic rings. The van der Waals surface area contributed by atoms with E-state index in [1.807, 2.05) is 20.2 Å². The maximum absolute atomic E-state index is 5.96. The third-order valence-electron chi connectivity index (χ3n) is 3.12. The molecule has 0 amide bonds. The minimum absolute atomic E-state index is 0.505.